The van der Waals surface area contributed by atoms with Crippen LogP contribution in [-0.4, -0.2) is 40.5 Å². The molecule has 160 valence electrons. The van der Waals surface area contributed by atoms with Crippen LogP contribution in [-0.2, 0) is 4.79 Å². The summed E-state index contributed by atoms with van der Waals surface area (Å²) in [5.41, 5.74) is 3.60. The summed E-state index contributed by atoms with van der Waals surface area (Å²) in [5.74, 6) is 1.15. The molecule has 0 atom stereocenters. The number of halogens is 1. The Balaban J connectivity index is 1.74. The van der Waals surface area contributed by atoms with Crippen molar-refractivity contribution in [1.29, 1.82) is 5.26 Å². The molecule has 0 unspecified atom stereocenters. The Labute approximate surface area is 190 Å². The maximum Gasteiger partial charge on any atom is 0.237 e. The van der Waals surface area contributed by atoms with Crippen molar-refractivity contribution in [3.05, 3.63) is 52.5 Å². The number of nitriles is 1. The number of aryl methyl sites for hydroxylation is 2. The molecule has 3 rings (SSSR count). The first-order valence-corrected chi connectivity index (χ1v) is 10.9. The average molecular weight is 456 g/mol. The largest absolute Gasteiger partial charge is 0.496 e. The minimum atomic E-state index is -0.114. The van der Waals surface area contributed by atoms with E-state index in [0.29, 0.717) is 33.9 Å². The molecule has 9 heteroatoms. The van der Waals surface area contributed by atoms with E-state index in [1.54, 1.807) is 30.2 Å². The van der Waals surface area contributed by atoms with Crippen molar-refractivity contribution >= 4 is 35.0 Å². The van der Waals surface area contributed by atoms with Crippen LogP contribution in [0.4, 0.5) is 5.69 Å². The molecule has 0 saturated heterocycles. The van der Waals surface area contributed by atoms with E-state index in [-0.39, 0.29) is 18.1 Å². The Bertz CT molecular complexity index is 1110. The minimum Gasteiger partial charge on any atom is -0.496 e. The Hall–Kier alpha value is -3.02. The number of amides is 1. The number of nitrogens with zero attached hydrogens (tertiary/aromatic N) is 4. The summed E-state index contributed by atoms with van der Waals surface area (Å²) < 4.78 is 5.36. The van der Waals surface area contributed by atoms with Gasteiger partial charge in [0.25, 0.3) is 0 Å². The Kier molecular flexibility index (Phi) is 7.55. The van der Waals surface area contributed by atoms with Crippen molar-refractivity contribution in [2.45, 2.75) is 25.4 Å². The summed E-state index contributed by atoms with van der Waals surface area (Å²) in [4.78, 5) is 19.1. The van der Waals surface area contributed by atoms with Gasteiger partial charge in [0, 0.05) is 17.3 Å². The highest BCUT2D eigenvalue weighted by Crippen LogP contribution is 2.31. The van der Waals surface area contributed by atoms with E-state index in [9.17, 15) is 4.79 Å². The highest BCUT2D eigenvalue weighted by Gasteiger charge is 2.18. The zero-order valence-corrected chi connectivity index (χ0v) is 19.0. The molecular weight excluding hydrogens is 434 g/mol. The lowest BCUT2D eigenvalue weighted by Gasteiger charge is -2.22. The highest BCUT2D eigenvalue weighted by atomic mass is 35.5. The number of aromatic amines is 1. The Morgan fingerprint density at radius 1 is 1.26 bits per heavy atom. The smallest absolute Gasteiger partial charge is 0.237 e. The molecule has 0 saturated carbocycles. The maximum atomic E-state index is 13.0. The highest BCUT2D eigenvalue weighted by molar-refractivity contribution is 7.99. The third kappa shape index (κ3) is 5.78. The van der Waals surface area contributed by atoms with Gasteiger partial charge < -0.3 is 9.64 Å². The first kappa shape index (κ1) is 22.7. The first-order valence-electron chi connectivity index (χ1n) is 9.56. The normalized spacial score (nSPS) is 10.5. The number of aromatic nitrogens is 3. The molecule has 1 amide bonds. The van der Waals surface area contributed by atoms with Crippen LogP contribution in [0.5, 0.6) is 5.75 Å². The summed E-state index contributed by atoms with van der Waals surface area (Å²) in [5, 5.41) is 17.1. The lowest BCUT2D eigenvalue weighted by atomic mass is 10.1. The van der Waals surface area contributed by atoms with E-state index in [1.807, 2.05) is 32.0 Å². The van der Waals surface area contributed by atoms with Gasteiger partial charge in [0.1, 0.15) is 5.75 Å². The fourth-order valence-electron chi connectivity index (χ4n) is 3.17. The number of hydrogen-bond donors (Lipinski definition) is 1. The van der Waals surface area contributed by atoms with Crippen LogP contribution >= 0.6 is 23.4 Å². The molecule has 0 aliphatic carbocycles. The second-order valence-electron chi connectivity index (χ2n) is 6.90. The number of hydrogen-bond acceptors (Lipinski definition) is 6. The standard InChI is InChI=1S/C22H22ClN5O2S/c1-14-9-15(2)11-17(10-14)28(8-4-7-24)20(29)13-31-22-25-21(26-27-22)18-12-16(23)5-6-19(18)30-3/h5-6,9-12H,4,8,13H2,1-3H3,(H,25,26,27). The molecule has 2 aromatic carbocycles. The van der Waals surface area contributed by atoms with Gasteiger partial charge in [-0.05, 0) is 55.3 Å². The summed E-state index contributed by atoms with van der Waals surface area (Å²) in [6.45, 7) is 4.30. The maximum absolute atomic E-state index is 13.0. The third-order valence-electron chi connectivity index (χ3n) is 4.47. The zero-order chi connectivity index (χ0) is 22.4. The number of H-pyrrole nitrogens is 1. The lowest BCUT2D eigenvalue weighted by molar-refractivity contribution is -0.116. The Morgan fingerprint density at radius 3 is 2.68 bits per heavy atom. The van der Waals surface area contributed by atoms with Gasteiger partial charge in [-0.1, -0.05) is 29.4 Å². The van der Waals surface area contributed by atoms with Gasteiger partial charge in [0.15, 0.2) is 5.82 Å². The molecular formula is C22H22ClN5O2S. The number of anilines is 1. The van der Waals surface area contributed by atoms with Crippen LogP contribution in [0.3, 0.4) is 0 Å². The van der Waals surface area contributed by atoms with Gasteiger partial charge in [-0.3, -0.25) is 9.89 Å². The van der Waals surface area contributed by atoms with Gasteiger partial charge in [0.05, 0.1) is 30.9 Å². The van der Waals surface area contributed by atoms with E-state index < -0.39 is 0 Å². The quantitative estimate of drug-likeness (QED) is 0.490. The predicted molar refractivity (Wildman–Crippen MR) is 123 cm³/mol. The van der Waals surface area contributed by atoms with Crippen LogP contribution in [0.15, 0.2) is 41.6 Å². The first-order chi connectivity index (χ1) is 14.9. The molecule has 1 aromatic heterocycles. The average Bonchev–Trinajstić information content (AvgIpc) is 3.21. The number of benzene rings is 2. The number of thioether (sulfide) groups is 1. The molecule has 7 nitrogen and oxygen atoms in total. The van der Waals surface area contributed by atoms with Crippen molar-refractivity contribution in [3.8, 4) is 23.2 Å². The second-order valence-corrected chi connectivity index (χ2v) is 8.28. The molecule has 31 heavy (non-hydrogen) atoms. The van der Waals surface area contributed by atoms with E-state index in [2.05, 4.69) is 21.3 Å². The van der Waals surface area contributed by atoms with Crippen LogP contribution in [0.2, 0.25) is 5.02 Å². The van der Waals surface area contributed by atoms with Gasteiger partial charge in [-0.2, -0.15) is 5.26 Å². The number of carbonyl (C=O) groups excluding carboxylic acids is 1. The molecule has 0 bridgehead atoms. The van der Waals surface area contributed by atoms with Crippen LogP contribution in [0.25, 0.3) is 11.4 Å². The summed E-state index contributed by atoms with van der Waals surface area (Å²) in [7, 11) is 1.57. The van der Waals surface area contributed by atoms with Crippen LogP contribution in [0, 0.1) is 25.2 Å². The van der Waals surface area contributed by atoms with E-state index in [1.165, 1.54) is 11.8 Å². The Morgan fingerprint density at radius 2 is 2.00 bits per heavy atom. The summed E-state index contributed by atoms with van der Waals surface area (Å²) in [6.07, 6.45) is 0.253. The number of ether oxygens (including phenoxy) is 1. The van der Waals surface area contributed by atoms with Gasteiger partial charge in [0.2, 0.25) is 11.1 Å². The lowest BCUT2D eigenvalue weighted by Crippen LogP contribution is -2.33. The van der Waals surface area contributed by atoms with Crippen LogP contribution in [0.1, 0.15) is 17.5 Å². The monoisotopic (exact) mass is 455 g/mol. The van der Waals surface area contributed by atoms with Gasteiger partial charge >= 0.3 is 0 Å². The topological polar surface area (TPSA) is 94.9 Å². The number of nitrogens with one attached hydrogen (secondary N) is 1. The summed E-state index contributed by atoms with van der Waals surface area (Å²) in [6, 6.07) is 13.3. The molecule has 0 aliphatic heterocycles. The van der Waals surface area contributed by atoms with E-state index in [0.717, 1.165) is 16.8 Å². The van der Waals surface area contributed by atoms with Crippen molar-refractivity contribution in [2.24, 2.45) is 0 Å². The second kappa shape index (κ2) is 10.3. The third-order valence-corrected chi connectivity index (χ3v) is 5.54. The predicted octanol–water partition coefficient (Wildman–Crippen LogP) is 4.79. The van der Waals surface area contributed by atoms with E-state index >= 15 is 0 Å². The number of rotatable bonds is 8. The van der Waals surface area contributed by atoms with Crippen LogP contribution < -0.4 is 9.64 Å². The minimum absolute atomic E-state index is 0.114. The molecule has 0 aliphatic rings. The molecule has 1 heterocycles. The molecule has 1 N–H and O–H groups in total. The van der Waals surface area contributed by atoms with Crippen molar-refractivity contribution in [1.82, 2.24) is 15.2 Å². The zero-order valence-electron chi connectivity index (χ0n) is 17.5. The van der Waals surface area contributed by atoms with Gasteiger partial charge in [-0.15, -0.1) is 5.10 Å². The van der Waals surface area contributed by atoms with Crippen molar-refractivity contribution in [2.75, 3.05) is 24.3 Å². The van der Waals surface area contributed by atoms with Gasteiger partial charge in [-0.25, -0.2) is 4.98 Å². The summed E-state index contributed by atoms with van der Waals surface area (Å²) >= 11 is 7.32. The number of methoxy groups -OCH3 is 1. The molecule has 0 radical (unpaired) electrons. The molecule has 3 aromatic rings. The van der Waals surface area contributed by atoms with Crippen molar-refractivity contribution < 1.29 is 9.53 Å². The fourth-order valence-corrected chi connectivity index (χ4v) is 4.01. The van der Waals surface area contributed by atoms with E-state index in [4.69, 9.17) is 21.6 Å². The SMILES string of the molecule is COc1ccc(Cl)cc1-c1nc(SCC(=O)N(CCC#N)c2cc(C)cc(C)c2)n[nH]1. The molecule has 0 fully saturated rings. The number of carbonyl (C=O) groups is 1. The molecule has 0 spiro atoms. The van der Waals surface area contributed by atoms with Crippen molar-refractivity contribution in [3.63, 3.8) is 0 Å². The fraction of sp³-hybridized carbons (Fsp3) is 0.273.